The summed E-state index contributed by atoms with van der Waals surface area (Å²) >= 11 is 0. The van der Waals surface area contributed by atoms with Crippen LogP contribution in [0.1, 0.15) is 12.5 Å². The summed E-state index contributed by atoms with van der Waals surface area (Å²) in [5, 5.41) is 0. The zero-order valence-electron chi connectivity index (χ0n) is 10.2. The monoisotopic (exact) mass is 246 g/mol. The Kier molecular flexibility index (Phi) is 3.89. The van der Waals surface area contributed by atoms with Gasteiger partial charge in [0.1, 0.15) is 11.6 Å². The maximum Gasteiger partial charge on any atom is 0.138 e. The summed E-state index contributed by atoms with van der Waals surface area (Å²) in [7, 11) is 0. The molecule has 0 aliphatic heterocycles. The maximum atomic E-state index is 13.7. The number of rotatable bonds is 4. The number of halogens is 1. The Balaban J connectivity index is 2.36. The topological polar surface area (TPSA) is 48.1 Å². The fraction of sp³-hybridized carbons (Fsp3) is 0.214. The average Bonchev–Trinajstić information content (AvgIpc) is 2.39. The van der Waals surface area contributed by atoms with Gasteiger partial charge in [0.05, 0.1) is 12.8 Å². The first-order valence-corrected chi connectivity index (χ1v) is 5.81. The van der Waals surface area contributed by atoms with Crippen LogP contribution in [-0.2, 0) is 6.54 Å². The predicted octanol–water partition coefficient (Wildman–Crippen LogP) is 2.75. The number of aromatic nitrogens is 1. The first-order chi connectivity index (χ1) is 8.74. The van der Waals surface area contributed by atoms with Gasteiger partial charge >= 0.3 is 0 Å². The second kappa shape index (κ2) is 5.60. The normalized spacial score (nSPS) is 10.4. The van der Waals surface area contributed by atoms with Gasteiger partial charge in [-0.15, -0.1) is 0 Å². The highest BCUT2D eigenvalue weighted by atomic mass is 19.1. The number of ether oxygens (including phenoxy) is 1. The van der Waals surface area contributed by atoms with Gasteiger partial charge in [-0.3, -0.25) is 4.98 Å². The summed E-state index contributed by atoms with van der Waals surface area (Å²) in [5.41, 5.74) is 7.52. The fourth-order valence-electron chi connectivity index (χ4n) is 1.71. The molecule has 1 heterocycles. The van der Waals surface area contributed by atoms with Crippen molar-refractivity contribution in [3.8, 4) is 16.9 Å². The second-order valence-electron chi connectivity index (χ2n) is 3.85. The number of pyridine rings is 1. The molecular formula is C14H15FN2O. The first-order valence-electron chi connectivity index (χ1n) is 5.81. The summed E-state index contributed by atoms with van der Waals surface area (Å²) in [5.74, 6) is 0.384. The lowest BCUT2D eigenvalue weighted by atomic mass is 10.0. The summed E-state index contributed by atoms with van der Waals surface area (Å²) in [6.45, 7) is 2.68. The lowest BCUT2D eigenvalue weighted by Crippen LogP contribution is -1.99. The third-order valence-corrected chi connectivity index (χ3v) is 2.63. The van der Waals surface area contributed by atoms with Crippen LogP contribution in [0, 0.1) is 5.82 Å². The second-order valence-corrected chi connectivity index (χ2v) is 3.85. The average molecular weight is 246 g/mol. The molecule has 0 saturated heterocycles. The van der Waals surface area contributed by atoms with Gasteiger partial charge in [-0.25, -0.2) is 4.39 Å². The van der Waals surface area contributed by atoms with Crippen LogP contribution in [0.15, 0.2) is 36.7 Å². The zero-order valence-corrected chi connectivity index (χ0v) is 10.2. The van der Waals surface area contributed by atoms with Crippen LogP contribution < -0.4 is 10.5 Å². The minimum atomic E-state index is -0.295. The Morgan fingerprint density at radius 3 is 2.72 bits per heavy atom. The highest BCUT2D eigenvalue weighted by Gasteiger charge is 2.05. The molecule has 2 N–H and O–H groups in total. The number of hydrogen-bond donors (Lipinski definition) is 1. The number of benzene rings is 1. The van der Waals surface area contributed by atoms with Gasteiger partial charge in [0.25, 0.3) is 0 Å². The van der Waals surface area contributed by atoms with Crippen LogP contribution in [0.5, 0.6) is 5.75 Å². The van der Waals surface area contributed by atoms with Crippen molar-refractivity contribution >= 4 is 0 Å². The lowest BCUT2D eigenvalue weighted by molar-refractivity contribution is 0.339. The molecule has 0 amide bonds. The van der Waals surface area contributed by atoms with Crippen LogP contribution in [0.4, 0.5) is 4.39 Å². The van der Waals surface area contributed by atoms with E-state index in [1.54, 1.807) is 18.5 Å². The molecule has 0 fully saturated rings. The third kappa shape index (κ3) is 2.65. The lowest BCUT2D eigenvalue weighted by Gasteiger charge is -2.07. The molecule has 0 unspecified atom stereocenters. The molecule has 94 valence electrons. The molecule has 0 aliphatic carbocycles. The van der Waals surface area contributed by atoms with E-state index in [0.29, 0.717) is 17.9 Å². The summed E-state index contributed by atoms with van der Waals surface area (Å²) < 4.78 is 19.0. The molecule has 2 rings (SSSR count). The van der Waals surface area contributed by atoms with Gasteiger partial charge in [-0.05, 0) is 24.6 Å². The molecular weight excluding hydrogens is 231 g/mol. The smallest absolute Gasteiger partial charge is 0.138 e. The van der Waals surface area contributed by atoms with E-state index in [-0.39, 0.29) is 12.4 Å². The fourth-order valence-corrected chi connectivity index (χ4v) is 1.71. The number of hydrogen-bond acceptors (Lipinski definition) is 3. The zero-order chi connectivity index (χ0) is 13.0. The third-order valence-electron chi connectivity index (χ3n) is 2.63. The molecule has 18 heavy (non-hydrogen) atoms. The largest absolute Gasteiger partial charge is 0.492 e. The van der Waals surface area contributed by atoms with E-state index in [4.69, 9.17) is 10.5 Å². The predicted molar refractivity (Wildman–Crippen MR) is 68.7 cm³/mol. The van der Waals surface area contributed by atoms with E-state index in [1.165, 1.54) is 6.07 Å². The Morgan fingerprint density at radius 1 is 1.22 bits per heavy atom. The Labute approximate surface area is 105 Å². The van der Waals surface area contributed by atoms with Crippen molar-refractivity contribution in [1.29, 1.82) is 0 Å². The van der Waals surface area contributed by atoms with E-state index in [9.17, 15) is 4.39 Å². The molecule has 2 aromatic rings. The maximum absolute atomic E-state index is 13.7. The molecule has 1 aromatic heterocycles. The van der Waals surface area contributed by atoms with Crippen LogP contribution in [-0.4, -0.2) is 11.6 Å². The Hall–Kier alpha value is -1.94. The number of nitrogens with two attached hydrogens (primary N) is 1. The Morgan fingerprint density at radius 2 is 2.06 bits per heavy atom. The summed E-state index contributed by atoms with van der Waals surface area (Å²) in [4.78, 5) is 4.08. The molecule has 0 atom stereocenters. The molecule has 1 aromatic carbocycles. The van der Waals surface area contributed by atoms with Crippen molar-refractivity contribution in [2.75, 3.05) is 6.61 Å². The van der Waals surface area contributed by atoms with Crippen LogP contribution in [0.2, 0.25) is 0 Å². The van der Waals surface area contributed by atoms with Crippen molar-refractivity contribution in [2.24, 2.45) is 5.73 Å². The van der Waals surface area contributed by atoms with E-state index in [0.717, 1.165) is 11.1 Å². The molecule has 0 saturated carbocycles. The summed E-state index contributed by atoms with van der Waals surface area (Å²) in [6, 6.07) is 6.83. The van der Waals surface area contributed by atoms with Crippen LogP contribution >= 0.6 is 0 Å². The van der Waals surface area contributed by atoms with Gasteiger partial charge in [-0.1, -0.05) is 12.1 Å². The Bertz CT molecular complexity index is 543. The quantitative estimate of drug-likeness (QED) is 0.902. The van der Waals surface area contributed by atoms with Gasteiger partial charge < -0.3 is 10.5 Å². The van der Waals surface area contributed by atoms with Gasteiger partial charge in [0.15, 0.2) is 0 Å². The first kappa shape index (κ1) is 12.5. The molecule has 0 radical (unpaired) electrons. The highest BCUT2D eigenvalue weighted by molar-refractivity contribution is 5.64. The number of nitrogens with zero attached hydrogens (tertiary/aromatic N) is 1. The van der Waals surface area contributed by atoms with Crippen molar-refractivity contribution < 1.29 is 9.13 Å². The SMILES string of the molecule is CCOc1cncc(-c2ccc(CN)c(F)c2)c1. The highest BCUT2D eigenvalue weighted by Crippen LogP contribution is 2.24. The molecule has 0 aliphatic rings. The van der Waals surface area contributed by atoms with Crippen LogP contribution in [0.25, 0.3) is 11.1 Å². The standard InChI is InChI=1S/C14H15FN2O/c1-2-18-13-5-12(8-17-9-13)10-3-4-11(7-16)14(15)6-10/h3-6,8-9H,2,7,16H2,1H3. The summed E-state index contributed by atoms with van der Waals surface area (Å²) in [6.07, 6.45) is 3.32. The van der Waals surface area contributed by atoms with Gasteiger partial charge in [0.2, 0.25) is 0 Å². The van der Waals surface area contributed by atoms with E-state index in [2.05, 4.69) is 4.98 Å². The van der Waals surface area contributed by atoms with Gasteiger partial charge in [-0.2, -0.15) is 0 Å². The molecule has 0 spiro atoms. The molecule has 4 heteroatoms. The van der Waals surface area contributed by atoms with E-state index in [1.807, 2.05) is 19.1 Å². The minimum absolute atomic E-state index is 0.198. The minimum Gasteiger partial charge on any atom is -0.492 e. The van der Waals surface area contributed by atoms with Crippen molar-refractivity contribution in [3.63, 3.8) is 0 Å². The van der Waals surface area contributed by atoms with Crippen molar-refractivity contribution in [3.05, 3.63) is 48.0 Å². The van der Waals surface area contributed by atoms with Crippen molar-refractivity contribution in [2.45, 2.75) is 13.5 Å². The molecule has 0 bridgehead atoms. The van der Waals surface area contributed by atoms with E-state index < -0.39 is 0 Å². The van der Waals surface area contributed by atoms with Gasteiger partial charge in [0, 0.05) is 23.9 Å². The van der Waals surface area contributed by atoms with Crippen molar-refractivity contribution in [1.82, 2.24) is 4.98 Å². The van der Waals surface area contributed by atoms with Crippen LogP contribution in [0.3, 0.4) is 0 Å². The van der Waals surface area contributed by atoms with E-state index >= 15 is 0 Å². The molecule has 3 nitrogen and oxygen atoms in total.